The van der Waals surface area contributed by atoms with Crippen LogP contribution in [0.4, 0.5) is 15.2 Å². The summed E-state index contributed by atoms with van der Waals surface area (Å²) in [6.07, 6.45) is 0. The quantitative estimate of drug-likeness (QED) is 0.916. The topological polar surface area (TPSA) is 61.4 Å². The van der Waals surface area contributed by atoms with E-state index in [2.05, 4.69) is 25.3 Å². The second-order valence-electron chi connectivity index (χ2n) is 5.80. The van der Waals surface area contributed by atoms with Gasteiger partial charge in [0.15, 0.2) is 0 Å². The Labute approximate surface area is 144 Å². The summed E-state index contributed by atoms with van der Waals surface area (Å²) in [5.41, 5.74) is 0.481. The monoisotopic (exact) mass is 349 g/mol. The van der Waals surface area contributed by atoms with E-state index in [9.17, 15) is 9.18 Å². The predicted octanol–water partition coefficient (Wildman–Crippen LogP) is 2.13. The summed E-state index contributed by atoms with van der Waals surface area (Å²) < 4.78 is 13.2. The Bertz CT molecular complexity index is 714. The Kier molecular flexibility index (Phi) is 5.06. The van der Waals surface area contributed by atoms with Gasteiger partial charge in [0, 0.05) is 31.9 Å². The van der Waals surface area contributed by atoms with Gasteiger partial charge >= 0.3 is 0 Å². The standard InChI is InChI=1S/C16H20FN5OS/c1-11(15(23)18-14-5-3-4-13(17)10-14)21-6-8-22(9-7-21)16-20-19-12(2)24-16/h3-5,10-11H,6-9H2,1-2H3,(H,18,23). The van der Waals surface area contributed by atoms with E-state index in [1.54, 1.807) is 23.5 Å². The van der Waals surface area contributed by atoms with Gasteiger partial charge in [-0.1, -0.05) is 17.4 Å². The zero-order valence-corrected chi connectivity index (χ0v) is 14.5. The van der Waals surface area contributed by atoms with Gasteiger partial charge in [0.1, 0.15) is 10.8 Å². The van der Waals surface area contributed by atoms with Crippen LogP contribution in [0.3, 0.4) is 0 Å². The molecule has 1 atom stereocenters. The molecule has 0 bridgehead atoms. The first-order valence-electron chi connectivity index (χ1n) is 7.88. The molecule has 1 amide bonds. The second kappa shape index (κ2) is 7.23. The van der Waals surface area contributed by atoms with Crippen molar-refractivity contribution in [3.05, 3.63) is 35.1 Å². The number of hydrogen-bond donors (Lipinski definition) is 1. The van der Waals surface area contributed by atoms with E-state index in [1.807, 2.05) is 13.8 Å². The van der Waals surface area contributed by atoms with Gasteiger partial charge in [0.25, 0.3) is 0 Å². The summed E-state index contributed by atoms with van der Waals surface area (Å²) in [4.78, 5) is 16.7. The molecule has 2 heterocycles. The van der Waals surface area contributed by atoms with Gasteiger partial charge < -0.3 is 10.2 Å². The first kappa shape index (κ1) is 16.8. The molecular weight excluding hydrogens is 329 g/mol. The van der Waals surface area contributed by atoms with Crippen molar-refractivity contribution >= 4 is 28.1 Å². The highest BCUT2D eigenvalue weighted by Gasteiger charge is 2.26. The summed E-state index contributed by atoms with van der Waals surface area (Å²) in [5.74, 6) is -0.484. The fraction of sp³-hybridized carbons (Fsp3) is 0.438. The molecule has 6 nitrogen and oxygen atoms in total. The molecule has 0 spiro atoms. The Hall–Kier alpha value is -2.06. The van der Waals surface area contributed by atoms with Crippen molar-refractivity contribution in [3.8, 4) is 0 Å². The third kappa shape index (κ3) is 3.88. The van der Waals surface area contributed by atoms with Crippen LogP contribution in [0.1, 0.15) is 11.9 Å². The Morgan fingerprint density at radius 2 is 2.04 bits per heavy atom. The maximum absolute atomic E-state index is 13.2. The maximum atomic E-state index is 13.2. The van der Waals surface area contributed by atoms with Crippen LogP contribution >= 0.6 is 11.3 Å². The second-order valence-corrected chi connectivity index (χ2v) is 6.96. The van der Waals surface area contributed by atoms with E-state index in [4.69, 9.17) is 0 Å². The predicted molar refractivity (Wildman–Crippen MR) is 92.9 cm³/mol. The molecule has 1 saturated heterocycles. The van der Waals surface area contributed by atoms with E-state index in [1.165, 1.54) is 12.1 Å². The minimum absolute atomic E-state index is 0.124. The molecule has 8 heteroatoms. The summed E-state index contributed by atoms with van der Waals surface area (Å²) >= 11 is 1.58. The van der Waals surface area contributed by atoms with Crippen molar-refractivity contribution in [1.29, 1.82) is 0 Å². The van der Waals surface area contributed by atoms with Crippen molar-refractivity contribution in [2.24, 2.45) is 0 Å². The Morgan fingerprint density at radius 1 is 1.29 bits per heavy atom. The van der Waals surface area contributed by atoms with Gasteiger partial charge in [-0.25, -0.2) is 4.39 Å². The van der Waals surface area contributed by atoms with Crippen molar-refractivity contribution in [2.75, 3.05) is 36.4 Å². The molecule has 1 aromatic carbocycles. The van der Waals surface area contributed by atoms with E-state index in [0.717, 1.165) is 36.3 Å². The summed E-state index contributed by atoms with van der Waals surface area (Å²) in [6.45, 7) is 6.99. The maximum Gasteiger partial charge on any atom is 0.241 e. The number of rotatable bonds is 4. The third-order valence-electron chi connectivity index (χ3n) is 4.12. The van der Waals surface area contributed by atoms with Gasteiger partial charge in [0.2, 0.25) is 11.0 Å². The molecule has 1 aliphatic heterocycles. The number of anilines is 2. The van der Waals surface area contributed by atoms with Crippen LogP contribution in [0.5, 0.6) is 0 Å². The molecule has 0 radical (unpaired) electrons. The summed E-state index contributed by atoms with van der Waals surface area (Å²) in [5, 5.41) is 12.9. The van der Waals surface area contributed by atoms with Gasteiger partial charge in [-0.3, -0.25) is 9.69 Å². The molecule has 2 aromatic rings. The normalized spacial score (nSPS) is 16.9. The highest BCUT2D eigenvalue weighted by molar-refractivity contribution is 7.15. The van der Waals surface area contributed by atoms with Gasteiger partial charge in [-0.15, -0.1) is 10.2 Å². The minimum Gasteiger partial charge on any atom is -0.344 e. The molecule has 1 aromatic heterocycles. The molecular formula is C16H20FN5OS. The molecule has 24 heavy (non-hydrogen) atoms. The lowest BCUT2D eigenvalue weighted by Crippen LogP contribution is -2.52. The summed E-state index contributed by atoms with van der Waals surface area (Å²) in [6, 6.07) is 5.67. The van der Waals surface area contributed by atoms with E-state index in [-0.39, 0.29) is 17.8 Å². The van der Waals surface area contributed by atoms with E-state index < -0.39 is 0 Å². The van der Waals surface area contributed by atoms with Crippen molar-refractivity contribution in [2.45, 2.75) is 19.9 Å². The van der Waals surface area contributed by atoms with Crippen LogP contribution < -0.4 is 10.2 Å². The van der Waals surface area contributed by atoms with Crippen LogP contribution in [-0.2, 0) is 4.79 Å². The molecule has 0 aliphatic carbocycles. The van der Waals surface area contributed by atoms with Crippen LogP contribution in [-0.4, -0.2) is 53.2 Å². The van der Waals surface area contributed by atoms with Crippen LogP contribution in [0, 0.1) is 12.7 Å². The first-order valence-corrected chi connectivity index (χ1v) is 8.70. The van der Waals surface area contributed by atoms with Crippen LogP contribution in [0.2, 0.25) is 0 Å². The van der Waals surface area contributed by atoms with E-state index in [0.29, 0.717) is 5.69 Å². The molecule has 0 saturated carbocycles. The van der Waals surface area contributed by atoms with Crippen molar-refractivity contribution in [3.63, 3.8) is 0 Å². The average molecular weight is 349 g/mol. The number of halogens is 1. The lowest BCUT2D eigenvalue weighted by atomic mass is 10.2. The van der Waals surface area contributed by atoms with Gasteiger partial charge in [0.05, 0.1) is 6.04 Å². The fourth-order valence-electron chi connectivity index (χ4n) is 2.69. The van der Waals surface area contributed by atoms with Crippen molar-refractivity contribution < 1.29 is 9.18 Å². The van der Waals surface area contributed by atoms with Crippen LogP contribution in [0.15, 0.2) is 24.3 Å². The molecule has 1 aliphatic rings. The molecule has 1 unspecified atom stereocenters. The number of benzene rings is 1. The highest BCUT2D eigenvalue weighted by atomic mass is 32.1. The zero-order chi connectivity index (χ0) is 17.1. The summed E-state index contributed by atoms with van der Waals surface area (Å²) in [7, 11) is 0. The fourth-order valence-corrected chi connectivity index (χ4v) is 3.43. The number of aromatic nitrogens is 2. The van der Waals surface area contributed by atoms with Gasteiger partial charge in [-0.05, 0) is 32.0 Å². The lowest BCUT2D eigenvalue weighted by molar-refractivity contribution is -0.120. The largest absolute Gasteiger partial charge is 0.344 e. The number of aryl methyl sites for hydroxylation is 1. The highest BCUT2D eigenvalue weighted by Crippen LogP contribution is 2.21. The number of hydrogen-bond acceptors (Lipinski definition) is 6. The Morgan fingerprint density at radius 3 is 2.67 bits per heavy atom. The first-order chi connectivity index (χ1) is 11.5. The number of carbonyl (C=O) groups excluding carboxylic acids is 1. The average Bonchev–Trinajstić information content (AvgIpc) is 3.01. The number of piperazine rings is 1. The third-order valence-corrected chi connectivity index (χ3v) is 5.02. The Balaban J connectivity index is 1.54. The number of nitrogens with zero attached hydrogens (tertiary/aromatic N) is 4. The number of carbonyl (C=O) groups is 1. The lowest BCUT2D eigenvalue weighted by Gasteiger charge is -2.37. The smallest absolute Gasteiger partial charge is 0.241 e. The number of amides is 1. The number of nitrogens with one attached hydrogen (secondary N) is 1. The van der Waals surface area contributed by atoms with E-state index >= 15 is 0 Å². The molecule has 1 N–H and O–H groups in total. The zero-order valence-electron chi connectivity index (χ0n) is 13.7. The molecule has 3 rings (SSSR count). The SMILES string of the molecule is Cc1nnc(N2CCN(C(C)C(=O)Nc3cccc(F)c3)CC2)s1. The molecule has 128 valence electrons. The van der Waals surface area contributed by atoms with Crippen molar-refractivity contribution in [1.82, 2.24) is 15.1 Å². The molecule has 1 fully saturated rings. The van der Waals surface area contributed by atoms with Gasteiger partial charge in [-0.2, -0.15) is 0 Å². The van der Waals surface area contributed by atoms with Crippen LogP contribution in [0.25, 0.3) is 0 Å². The minimum atomic E-state index is -0.360.